The number of allylic oxidation sites excluding steroid dienone is 4. The molecule has 1 aromatic rings. The Morgan fingerprint density at radius 2 is 1.12 bits per heavy atom. The summed E-state index contributed by atoms with van der Waals surface area (Å²) in [6.07, 6.45) is 8.95. The first-order valence-corrected chi connectivity index (χ1v) is 8.97. The zero-order chi connectivity index (χ0) is 19.3. The smallest absolute Gasteiger partial charge is 0.0789 e. The molecule has 0 radical (unpaired) electrons. The molecule has 0 amide bonds. The molecule has 0 saturated carbocycles. The maximum atomic E-state index is 7.03. The van der Waals surface area contributed by atoms with E-state index >= 15 is 0 Å². The fourth-order valence-corrected chi connectivity index (χ4v) is 2.32. The Morgan fingerprint density at radius 3 is 1.40 bits per heavy atom. The van der Waals surface area contributed by atoms with Gasteiger partial charge in [-0.15, -0.1) is 0 Å². The highest BCUT2D eigenvalue weighted by Gasteiger charge is 2.23. The highest BCUT2D eigenvalue weighted by molar-refractivity contribution is 6.48. The number of nitrogen functional groups attached to an aromatic ring is 1. The molecule has 25 heavy (non-hydrogen) atoms. The molecule has 3 heteroatoms. The van der Waals surface area contributed by atoms with Gasteiger partial charge in [0.1, 0.15) is 0 Å². The first-order chi connectivity index (χ1) is 11.5. The van der Waals surface area contributed by atoms with Crippen molar-refractivity contribution in [3.05, 3.63) is 53.6 Å². The Morgan fingerprint density at radius 1 is 0.760 bits per heavy atom. The van der Waals surface area contributed by atoms with E-state index in [-0.39, 0.29) is 22.3 Å². The van der Waals surface area contributed by atoms with Crippen LogP contribution in [-0.2, 0) is 10.8 Å². The summed E-state index contributed by atoms with van der Waals surface area (Å²) in [5.41, 5.74) is 10.6. The molecule has 136 valence electrons. The van der Waals surface area contributed by atoms with E-state index in [0.717, 1.165) is 18.5 Å². The molecule has 0 bridgehead atoms. The molecule has 1 aliphatic carbocycles. The van der Waals surface area contributed by atoms with Gasteiger partial charge in [0, 0.05) is 5.69 Å². The van der Waals surface area contributed by atoms with Crippen LogP contribution in [0.5, 0.6) is 0 Å². The Kier molecular flexibility index (Phi) is 6.92. The van der Waals surface area contributed by atoms with Gasteiger partial charge in [0.2, 0.25) is 0 Å². The number of benzene rings is 1. The van der Waals surface area contributed by atoms with Crippen molar-refractivity contribution in [3.8, 4) is 0 Å². The largest absolute Gasteiger partial charge is 0.399 e. The van der Waals surface area contributed by atoms with Crippen molar-refractivity contribution in [3.63, 3.8) is 0 Å². The van der Waals surface area contributed by atoms with Crippen LogP contribution >= 0.6 is 0 Å². The van der Waals surface area contributed by atoms with Gasteiger partial charge in [-0.25, -0.2) is 0 Å². The Labute approximate surface area is 153 Å². The van der Waals surface area contributed by atoms with Crippen molar-refractivity contribution in [2.45, 2.75) is 65.2 Å². The molecular formula is C22H33N3. The highest BCUT2D eigenvalue weighted by Crippen LogP contribution is 2.34. The first kappa shape index (κ1) is 20.9. The van der Waals surface area contributed by atoms with Crippen LogP contribution in [0.25, 0.3) is 0 Å². The summed E-state index contributed by atoms with van der Waals surface area (Å²) in [7, 11) is 0. The lowest BCUT2D eigenvalue weighted by Crippen LogP contribution is -2.20. The SMILES string of the molecule is CCC(C)(C)c1cc(N)cc(C(C)(C)CC)c1.N=C1C=CC=CC1=N. The van der Waals surface area contributed by atoms with Gasteiger partial charge in [0.15, 0.2) is 0 Å². The third-order valence-corrected chi connectivity index (χ3v) is 5.21. The van der Waals surface area contributed by atoms with Gasteiger partial charge >= 0.3 is 0 Å². The van der Waals surface area contributed by atoms with Crippen LogP contribution in [0, 0.1) is 10.8 Å². The molecule has 0 spiro atoms. The van der Waals surface area contributed by atoms with Crippen molar-refractivity contribution in [2.24, 2.45) is 0 Å². The van der Waals surface area contributed by atoms with Crippen LogP contribution in [0.4, 0.5) is 5.69 Å². The third kappa shape index (κ3) is 5.70. The van der Waals surface area contributed by atoms with Gasteiger partial charge in [-0.3, -0.25) is 10.8 Å². The van der Waals surface area contributed by atoms with Crippen LogP contribution in [0.15, 0.2) is 42.5 Å². The van der Waals surface area contributed by atoms with E-state index < -0.39 is 0 Å². The summed E-state index contributed by atoms with van der Waals surface area (Å²) in [4.78, 5) is 0. The second kappa shape index (κ2) is 8.28. The summed E-state index contributed by atoms with van der Waals surface area (Å²) < 4.78 is 0. The van der Waals surface area contributed by atoms with Crippen LogP contribution in [0.1, 0.15) is 65.5 Å². The quantitative estimate of drug-likeness (QED) is 0.471. The zero-order valence-electron chi connectivity index (χ0n) is 16.5. The van der Waals surface area contributed by atoms with Crippen molar-refractivity contribution < 1.29 is 0 Å². The molecule has 0 heterocycles. The fraction of sp³-hybridized carbons (Fsp3) is 0.455. The third-order valence-electron chi connectivity index (χ3n) is 5.21. The number of rotatable bonds is 4. The Bertz CT molecular complexity index is 635. The molecule has 0 atom stereocenters. The van der Waals surface area contributed by atoms with Crippen LogP contribution in [-0.4, -0.2) is 11.4 Å². The Balaban J connectivity index is 0.000000324. The molecule has 0 aromatic heterocycles. The summed E-state index contributed by atoms with van der Waals surface area (Å²) in [6, 6.07) is 6.58. The summed E-state index contributed by atoms with van der Waals surface area (Å²) >= 11 is 0. The monoisotopic (exact) mass is 339 g/mol. The van der Waals surface area contributed by atoms with Gasteiger partial charge in [0.05, 0.1) is 11.4 Å². The molecular weight excluding hydrogens is 306 g/mol. The maximum absolute atomic E-state index is 7.03. The van der Waals surface area contributed by atoms with Crippen molar-refractivity contribution in [1.82, 2.24) is 0 Å². The van der Waals surface area contributed by atoms with Gasteiger partial charge in [-0.05, 0) is 59.1 Å². The highest BCUT2D eigenvalue weighted by atomic mass is 14.5. The molecule has 4 N–H and O–H groups in total. The van der Waals surface area contributed by atoms with Crippen LogP contribution in [0.2, 0.25) is 0 Å². The van der Waals surface area contributed by atoms with Gasteiger partial charge in [0.25, 0.3) is 0 Å². The number of hydrogen-bond donors (Lipinski definition) is 3. The van der Waals surface area contributed by atoms with Crippen LogP contribution in [0.3, 0.4) is 0 Å². The minimum Gasteiger partial charge on any atom is -0.399 e. The maximum Gasteiger partial charge on any atom is 0.0789 e. The number of nitrogens with two attached hydrogens (primary N) is 1. The second-order valence-electron chi connectivity index (χ2n) is 7.86. The van der Waals surface area contributed by atoms with Crippen molar-refractivity contribution in [2.75, 3.05) is 5.73 Å². The Hall–Kier alpha value is -2.16. The lowest BCUT2D eigenvalue weighted by molar-refractivity contribution is 0.489. The lowest BCUT2D eigenvalue weighted by atomic mass is 9.76. The normalized spacial score (nSPS) is 14.3. The first-order valence-electron chi connectivity index (χ1n) is 8.97. The van der Waals surface area contributed by atoms with E-state index in [9.17, 15) is 0 Å². The van der Waals surface area contributed by atoms with E-state index in [0.29, 0.717) is 0 Å². The number of nitrogens with one attached hydrogen (secondary N) is 2. The molecule has 1 aliphatic rings. The van der Waals surface area contributed by atoms with E-state index in [1.54, 1.807) is 24.3 Å². The molecule has 0 aliphatic heterocycles. The number of anilines is 1. The van der Waals surface area contributed by atoms with E-state index in [4.69, 9.17) is 16.6 Å². The average Bonchev–Trinajstić information content (AvgIpc) is 2.57. The predicted octanol–water partition coefficient (Wildman–Crippen LogP) is 5.80. The zero-order valence-corrected chi connectivity index (χ0v) is 16.5. The van der Waals surface area contributed by atoms with E-state index in [1.807, 2.05) is 0 Å². The van der Waals surface area contributed by atoms with Crippen molar-refractivity contribution in [1.29, 1.82) is 10.8 Å². The molecule has 0 saturated heterocycles. The second-order valence-corrected chi connectivity index (χ2v) is 7.86. The standard InChI is InChI=1S/C16H27N.C6H6N2/c1-7-15(3,4)12-9-13(11-14(17)10-12)16(5,6)8-2;7-5-3-1-2-4-6(5)8/h9-11H,7-8,17H2,1-6H3;1-4,7-8H. The van der Waals surface area contributed by atoms with Crippen LogP contribution < -0.4 is 5.73 Å². The summed E-state index contributed by atoms with van der Waals surface area (Å²) in [5.74, 6) is 0. The molecule has 0 fully saturated rings. The number of hydrogen-bond acceptors (Lipinski definition) is 3. The minimum atomic E-state index is 0.202. The molecule has 3 nitrogen and oxygen atoms in total. The topological polar surface area (TPSA) is 73.7 Å². The van der Waals surface area contributed by atoms with Crippen molar-refractivity contribution >= 4 is 17.1 Å². The van der Waals surface area contributed by atoms with Gasteiger partial charge in [-0.1, -0.05) is 59.8 Å². The lowest BCUT2D eigenvalue weighted by Gasteiger charge is -2.29. The molecule has 2 rings (SSSR count). The molecule has 1 aromatic carbocycles. The van der Waals surface area contributed by atoms with E-state index in [1.165, 1.54) is 11.1 Å². The molecule has 0 unspecified atom stereocenters. The summed E-state index contributed by atoms with van der Waals surface area (Å²) in [5, 5.41) is 14.1. The fourth-order valence-electron chi connectivity index (χ4n) is 2.32. The van der Waals surface area contributed by atoms with E-state index in [2.05, 4.69) is 59.7 Å². The summed E-state index contributed by atoms with van der Waals surface area (Å²) in [6.45, 7) is 13.6. The average molecular weight is 340 g/mol. The van der Waals surface area contributed by atoms with Gasteiger partial charge in [-0.2, -0.15) is 0 Å². The van der Waals surface area contributed by atoms with Gasteiger partial charge < -0.3 is 5.73 Å². The predicted molar refractivity (Wildman–Crippen MR) is 111 cm³/mol. The minimum absolute atomic E-state index is 0.202.